The molecule has 0 aliphatic heterocycles. The first kappa shape index (κ1) is 14.1. The molecule has 0 aliphatic rings. The fraction of sp³-hybridized carbons (Fsp3) is 0.333. The van der Waals surface area contributed by atoms with Gasteiger partial charge in [-0.3, -0.25) is 4.79 Å². The summed E-state index contributed by atoms with van der Waals surface area (Å²) in [5, 5.41) is 9.31. The third-order valence-electron chi connectivity index (χ3n) is 3.28. The number of hydrogen-bond acceptors (Lipinski definition) is 4. The third kappa shape index (κ3) is 2.15. The Labute approximate surface area is 115 Å². The Morgan fingerprint density at radius 2 is 1.90 bits per heavy atom. The quantitative estimate of drug-likeness (QED) is 0.928. The Hall–Kier alpha value is -2.30. The zero-order valence-electron chi connectivity index (χ0n) is 11.6. The van der Waals surface area contributed by atoms with Crippen molar-refractivity contribution in [2.75, 3.05) is 7.11 Å². The molecular formula is C15H16O5. The Morgan fingerprint density at radius 1 is 1.25 bits per heavy atom. The summed E-state index contributed by atoms with van der Waals surface area (Å²) in [5.41, 5.74) is 1.61. The molecular weight excluding hydrogens is 260 g/mol. The van der Waals surface area contributed by atoms with Gasteiger partial charge in [0.05, 0.1) is 7.11 Å². The van der Waals surface area contributed by atoms with Crippen LogP contribution in [0.1, 0.15) is 35.5 Å². The van der Waals surface area contributed by atoms with Gasteiger partial charge in [-0.25, -0.2) is 4.79 Å². The molecule has 0 spiro atoms. The van der Waals surface area contributed by atoms with Crippen LogP contribution in [-0.4, -0.2) is 18.2 Å². The molecule has 0 aliphatic carbocycles. The van der Waals surface area contributed by atoms with Crippen molar-refractivity contribution >= 4 is 16.9 Å². The number of rotatable bonds is 4. The summed E-state index contributed by atoms with van der Waals surface area (Å²) in [5.74, 6) is -1.15. The predicted molar refractivity (Wildman–Crippen MR) is 74.8 cm³/mol. The lowest BCUT2D eigenvalue weighted by molar-refractivity contribution is 0.0663. The lowest BCUT2D eigenvalue weighted by Gasteiger charge is -2.13. The zero-order chi connectivity index (χ0) is 14.9. The maximum atomic E-state index is 12.2. The first-order valence-corrected chi connectivity index (χ1v) is 6.43. The second kappa shape index (κ2) is 5.36. The van der Waals surface area contributed by atoms with E-state index < -0.39 is 11.4 Å². The Balaban J connectivity index is 2.98. The zero-order valence-corrected chi connectivity index (χ0v) is 11.6. The summed E-state index contributed by atoms with van der Waals surface area (Å²) in [6, 6.07) is 2.89. The molecule has 1 aromatic heterocycles. The molecule has 1 heterocycles. The number of benzene rings is 1. The van der Waals surface area contributed by atoms with Crippen LogP contribution in [0.15, 0.2) is 21.3 Å². The summed E-state index contributed by atoms with van der Waals surface area (Å²) in [6.07, 6.45) is 1.35. The van der Waals surface area contributed by atoms with E-state index in [2.05, 4.69) is 0 Å². The van der Waals surface area contributed by atoms with Gasteiger partial charge in [0, 0.05) is 6.07 Å². The van der Waals surface area contributed by atoms with Gasteiger partial charge in [0.1, 0.15) is 16.7 Å². The van der Waals surface area contributed by atoms with Gasteiger partial charge in [0.2, 0.25) is 5.76 Å². The fourth-order valence-electron chi connectivity index (χ4n) is 2.30. The fourth-order valence-corrected chi connectivity index (χ4v) is 2.30. The number of aromatic carboxylic acids is 1. The van der Waals surface area contributed by atoms with E-state index in [0.29, 0.717) is 29.6 Å². The SMILES string of the molecule is CCc1cc(CC)c2oc(C(=O)O)cc(=O)c2c1OC. The third-order valence-corrected chi connectivity index (χ3v) is 3.28. The van der Waals surface area contributed by atoms with Crippen LogP contribution >= 0.6 is 0 Å². The molecule has 0 saturated heterocycles. The smallest absolute Gasteiger partial charge is 0.371 e. The van der Waals surface area contributed by atoms with Gasteiger partial charge < -0.3 is 14.3 Å². The van der Waals surface area contributed by atoms with E-state index in [0.717, 1.165) is 17.2 Å². The van der Waals surface area contributed by atoms with E-state index in [1.807, 2.05) is 19.9 Å². The standard InChI is InChI=1S/C15H16O5/c1-4-8-6-9(5-2)14-12(13(8)19-3)10(16)7-11(20-14)15(17)18/h6-7H,4-5H2,1-3H3,(H,17,18). The van der Waals surface area contributed by atoms with Crippen molar-refractivity contribution in [3.05, 3.63) is 39.2 Å². The average Bonchev–Trinajstić information content (AvgIpc) is 2.45. The summed E-state index contributed by atoms with van der Waals surface area (Å²) >= 11 is 0. The van der Waals surface area contributed by atoms with Gasteiger partial charge in [0.15, 0.2) is 5.43 Å². The summed E-state index contributed by atoms with van der Waals surface area (Å²) in [6.45, 7) is 3.89. The van der Waals surface area contributed by atoms with Gasteiger partial charge in [-0.15, -0.1) is 0 Å². The summed E-state index contributed by atoms with van der Waals surface area (Å²) in [4.78, 5) is 23.2. The monoisotopic (exact) mass is 276 g/mol. The minimum Gasteiger partial charge on any atom is -0.496 e. The Morgan fingerprint density at radius 3 is 2.40 bits per heavy atom. The molecule has 2 aromatic rings. The average molecular weight is 276 g/mol. The lowest BCUT2D eigenvalue weighted by atomic mass is 10.0. The maximum absolute atomic E-state index is 12.2. The Kier molecular flexibility index (Phi) is 3.79. The molecule has 0 saturated carbocycles. The van der Waals surface area contributed by atoms with Crippen molar-refractivity contribution in [1.29, 1.82) is 0 Å². The van der Waals surface area contributed by atoms with Crippen LogP contribution < -0.4 is 10.2 Å². The largest absolute Gasteiger partial charge is 0.496 e. The topological polar surface area (TPSA) is 76.7 Å². The normalized spacial score (nSPS) is 10.8. The van der Waals surface area contributed by atoms with Crippen LogP contribution in [-0.2, 0) is 12.8 Å². The number of fused-ring (bicyclic) bond motifs is 1. The van der Waals surface area contributed by atoms with Gasteiger partial charge in [0.25, 0.3) is 0 Å². The molecule has 0 atom stereocenters. The van der Waals surface area contributed by atoms with E-state index in [-0.39, 0.29) is 5.76 Å². The molecule has 2 rings (SSSR count). The van der Waals surface area contributed by atoms with Crippen molar-refractivity contribution in [1.82, 2.24) is 0 Å². The number of methoxy groups -OCH3 is 1. The lowest BCUT2D eigenvalue weighted by Crippen LogP contribution is -2.10. The van der Waals surface area contributed by atoms with E-state index in [1.165, 1.54) is 7.11 Å². The number of carboxylic acid groups (broad SMARTS) is 1. The molecule has 1 N–H and O–H groups in total. The highest BCUT2D eigenvalue weighted by Gasteiger charge is 2.19. The predicted octanol–water partition coefficient (Wildman–Crippen LogP) is 2.62. The molecule has 106 valence electrons. The van der Waals surface area contributed by atoms with Crippen molar-refractivity contribution in [2.45, 2.75) is 26.7 Å². The van der Waals surface area contributed by atoms with Crippen LogP contribution in [0.3, 0.4) is 0 Å². The molecule has 1 aromatic carbocycles. The van der Waals surface area contributed by atoms with Crippen molar-refractivity contribution < 1.29 is 19.1 Å². The van der Waals surface area contributed by atoms with Crippen molar-refractivity contribution in [3.8, 4) is 5.75 Å². The van der Waals surface area contributed by atoms with E-state index in [4.69, 9.17) is 14.3 Å². The number of carbonyl (C=O) groups is 1. The molecule has 20 heavy (non-hydrogen) atoms. The van der Waals surface area contributed by atoms with Crippen molar-refractivity contribution in [3.63, 3.8) is 0 Å². The molecule has 0 unspecified atom stereocenters. The number of ether oxygens (including phenoxy) is 1. The Bertz CT molecular complexity index is 727. The number of carboxylic acids is 1. The molecule has 0 bridgehead atoms. The second-order valence-electron chi connectivity index (χ2n) is 4.42. The van der Waals surface area contributed by atoms with Crippen LogP contribution in [0.4, 0.5) is 0 Å². The minimum atomic E-state index is -1.26. The van der Waals surface area contributed by atoms with Crippen LogP contribution in [0.25, 0.3) is 11.0 Å². The van der Waals surface area contributed by atoms with Crippen LogP contribution in [0.2, 0.25) is 0 Å². The van der Waals surface area contributed by atoms with E-state index >= 15 is 0 Å². The maximum Gasteiger partial charge on any atom is 0.371 e. The van der Waals surface area contributed by atoms with Gasteiger partial charge in [-0.1, -0.05) is 13.8 Å². The first-order valence-electron chi connectivity index (χ1n) is 6.43. The van der Waals surface area contributed by atoms with Gasteiger partial charge in [-0.2, -0.15) is 0 Å². The molecule has 5 heteroatoms. The first-order chi connectivity index (χ1) is 9.53. The van der Waals surface area contributed by atoms with Crippen LogP contribution in [0.5, 0.6) is 5.75 Å². The minimum absolute atomic E-state index is 0.298. The van der Waals surface area contributed by atoms with Gasteiger partial charge in [-0.05, 0) is 30.0 Å². The molecule has 0 fully saturated rings. The van der Waals surface area contributed by atoms with E-state index in [1.54, 1.807) is 0 Å². The highest BCUT2D eigenvalue weighted by atomic mass is 16.5. The number of hydrogen-bond donors (Lipinski definition) is 1. The van der Waals surface area contributed by atoms with Crippen LogP contribution in [0, 0.1) is 0 Å². The van der Waals surface area contributed by atoms with Crippen molar-refractivity contribution in [2.24, 2.45) is 0 Å². The second-order valence-corrected chi connectivity index (χ2v) is 4.42. The molecule has 0 amide bonds. The summed E-state index contributed by atoms with van der Waals surface area (Å²) < 4.78 is 10.7. The number of aryl methyl sites for hydroxylation is 2. The molecule has 5 nitrogen and oxygen atoms in total. The van der Waals surface area contributed by atoms with E-state index in [9.17, 15) is 9.59 Å². The highest BCUT2D eigenvalue weighted by Crippen LogP contribution is 2.31. The molecule has 0 radical (unpaired) electrons. The van der Waals surface area contributed by atoms with Gasteiger partial charge >= 0.3 is 5.97 Å². The summed E-state index contributed by atoms with van der Waals surface area (Å²) in [7, 11) is 1.49. The highest BCUT2D eigenvalue weighted by molar-refractivity contribution is 5.91.